The Balaban J connectivity index is 1.56. The minimum absolute atomic E-state index is 0.0500. The van der Waals surface area contributed by atoms with Crippen molar-refractivity contribution in [1.29, 1.82) is 0 Å². The smallest absolute Gasteiger partial charge is 0.239 e. The van der Waals surface area contributed by atoms with Crippen LogP contribution in [-0.2, 0) is 14.3 Å². The molecule has 0 unspecified atom stereocenters. The molecule has 0 aromatic heterocycles. The SMILES string of the molecule is CO[C@@H]1CN[C@@H](C(=O)N2CC[C@@H]3OCCC[C@H]3C2)C1. The van der Waals surface area contributed by atoms with Crippen molar-refractivity contribution in [2.75, 3.05) is 33.4 Å². The molecule has 0 radical (unpaired) electrons. The molecule has 3 rings (SSSR count). The number of carbonyl (C=O) groups excluding carboxylic acids is 1. The van der Waals surface area contributed by atoms with Crippen molar-refractivity contribution in [3.8, 4) is 0 Å². The second-order valence-electron chi connectivity index (χ2n) is 5.94. The summed E-state index contributed by atoms with van der Waals surface area (Å²) < 4.78 is 11.1. The number of likely N-dealkylation sites (tertiary alicyclic amines) is 1. The second kappa shape index (κ2) is 5.77. The minimum Gasteiger partial charge on any atom is -0.380 e. The van der Waals surface area contributed by atoms with Gasteiger partial charge < -0.3 is 19.7 Å². The number of piperidine rings is 1. The van der Waals surface area contributed by atoms with Gasteiger partial charge in [-0.15, -0.1) is 0 Å². The van der Waals surface area contributed by atoms with Gasteiger partial charge in [-0.05, 0) is 25.7 Å². The molecular formula is C14H24N2O3. The third kappa shape index (κ3) is 2.78. The predicted octanol–water partition coefficient (Wildman–Crippen LogP) is 0.391. The molecule has 3 aliphatic rings. The van der Waals surface area contributed by atoms with Crippen LogP contribution >= 0.6 is 0 Å². The molecule has 108 valence electrons. The first-order chi connectivity index (χ1) is 9.28. The summed E-state index contributed by atoms with van der Waals surface area (Å²) in [5, 5.41) is 3.28. The number of fused-ring (bicyclic) bond motifs is 1. The highest BCUT2D eigenvalue weighted by molar-refractivity contribution is 5.82. The number of carbonyl (C=O) groups is 1. The standard InChI is InChI=1S/C14H24N2O3/c1-18-11-7-12(15-8-11)14(17)16-5-4-13-10(9-16)3-2-6-19-13/h10-13,15H,2-9H2,1H3/t10-,11-,12+,13-/m0/s1. The lowest BCUT2D eigenvalue weighted by Gasteiger charge is -2.41. The molecule has 0 aliphatic carbocycles. The van der Waals surface area contributed by atoms with E-state index in [0.717, 1.165) is 45.5 Å². The van der Waals surface area contributed by atoms with Crippen LogP contribution in [0.3, 0.4) is 0 Å². The van der Waals surface area contributed by atoms with E-state index in [1.165, 1.54) is 6.42 Å². The van der Waals surface area contributed by atoms with Gasteiger partial charge in [0.15, 0.2) is 0 Å². The van der Waals surface area contributed by atoms with Gasteiger partial charge >= 0.3 is 0 Å². The van der Waals surface area contributed by atoms with Crippen LogP contribution in [0.4, 0.5) is 0 Å². The van der Waals surface area contributed by atoms with Crippen LogP contribution < -0.4 is 5.32 Å². The van der Waals surface area contributed by atoms with E-state index in [-0.39, 0.29) is 18.1 Å². The zero-order chi connectivity index (χ0) is 13.2. The van der Waals surface area contributed by atoms with Crippen LogP contribution in [-0.4, -0.2) is 62.4 Å². The summed E-state index contributed by atoms with van der Waals surface area (Å²) in [4.78, 5) is 14.5. The van der Waals surface area contributed by atoms with Crippen molar-refractivity contribution in [2.24, 2.45) is 5.92 Å². The number of hydrogen-bond acceptors (Lipinski definition) is 4. The Kier molecular flexibility index (Phi) is 4.05. The van der Waals surface area contributed by atoms with E-state index >= 15 is 0 Å². The molecule has 5 heteroatoms. The Morgan fingerprint density at radius 2 is 2.32 bits per heavy atom. The average Bonchev–Trinajstić information content (AvgIpc) is 2.95. The Morgan fingerprint density at radius 1 is 1.42 bits per heavy atom. The molecule has 4 atom stereocenters. The number of nitrogens with zero attached hydrogens (tertiary/aromatic N) is 1. The molecule has 19 heavy (non-hydrogen) atoms. The molecule has 5 nitrogen and oxygen atoms in total. The van der Waals surface area contributed by atoms with Crippen molar-refractivity contribution in [1.82, 2.24) is 10.2 Å². The summed E-state index contributed by atoms with van der Waals surface area (Å²) in [6.07, 6.45) is 4.71. The number of ether oxygens (including phenoxy) is 2. The van der Waals surface area contributed by atoms with Gasteiger partial charge in [-0.25, -0.2) is 0 Å². The van der Waals surface area contributed by atoms with E-state index in [1.54, 1.807) is 7.11 Å². The molecule has 3 saturated heterocycles. The zero-order valence-corrected chi connectivity index (χ0v) is 11.6. The molecular weight excluding hydrogens is 244 g/mol. The fourth-order valence-electron chi connectivity index (χ4n) is 3.58. The fourth-order valence-corrected chi connectivity index (χ4v) is 3.58. The Morgan fingerprint density at radius 3 is 3.11 bits per heavy atom. The molecule has 3 fully saturated rings. The lowest BCUT2D eigenvalue weighted by atomic mass is 9.88. The summed E-state index contributed by atoms with van der Waals surface area (Å²) in [5.41, 5.74) is 0. The summed E-state index contributed by atoms with van der Waals surface area (Å²) in [7, 11) is 1.71. The van der Waals surface area contributed by atoms with Gasteiger partial charge in [-0.3, -0.25) is 4.79 Å². The number of rotatable bonds is 2. The highest BCUT2D eigenvalue weighted by Crippen LogP contribution is 2.29. The third-order valence-electron chi connectivity index (χ3n) is 4.75. The van der Waals surface area contributed by atoms with Crippen LogP contribution in [0.1, 0.15) is 25.7 Å². The van der Waals surface area contributed by atoms with Crippen molar-refractivity contribution in [3.63, 3.8) is 0 Å². The lowest BCUT2D eigenvalue weighted by Crippen LogP contribution is -2.52. The van der Waals surface area contributed by atoms with Crippen LogP contribution in [0.5, 0.6) is 0 Å². The molecule has 0 aromatic carbocycles. The predicted molar refractivity (Wildman–Crippen MR) is 70.9 cm³/mol. The molecule has 3 heterocycles. The van der Waals surface area contributed by atoms with Crippen LogP contribution in [0.2, 0.25) is 0 Å². The van der Waals surface area contributed by atoms with Crippen molar-refractivity contribution >= 4 is 5.91 Å². The molecule has 1 amide bonds. The van der Waals surface area contributed by atoms with Crippen LogP contribution in [0.25, 0.3) is 0 Å². The first kappa shape index (κ1) is 13.3. The van der Waals surface area contributed by atoms with Gasteiger partial charge in [0.2, 0.25) is 5.91 Å². The lowest BCUT2D eigenvalue weighted by molar-refractivity contribution is -0.140. The van der Waals surface area contributed by atoms with E-state index in [2.05, 4.69) is 5.32 Å². The summed E-state index contributed by atoms with van der Waals surface area (Å²) >= 11 is 0. The molecule has 0 aromatic rings. The Labute approximate surface area is 114 Å². The molecule has 0 bridgehead atoms. The van der Waals surface area contributed by atoms with Crippen molar-refractivity contribution in [3.05, 3.63) is 0 Å². The van der Waals surface area contributed by atoms with E-state index in [4.69, 9.17) is 9.47 Å². The summed E-state index contributed by atoms with van der Waals surface area (Å²) in [6, 6.07) is -0.0500. The average molecular weight is 268 g/mol. The van der Waals surface area contributed by atoms with Crippen molar-refractivity contribution in [2.45, 2.75) is 43.9 Å². The maximum atomic E-state index is 12.5. The second-order valence-corrected chi connectivity index (χ2v) is 5.94. The number of amides is 1. The van der Waals surface area contributed by atoms with E-state index < -0.39 is 0 Å². The number of nitrogens with one attached hydrogen (secondary N) is 1. The van der Waals surface area contributed by atoms with E-state index in [9.17, 15) is 4.79 Å². The normalized spacial score (nSPS) is 39.1. The van der Waals surface area contributed by atoms with Gasteiger partial charge in [-0.1, -0.05) is 0 Å². The first-order valence-electron chi connectivity index (χ1n) is 7.44. The molecule has 3 aliphatic heterocycles. The number of hydrogen-bond donors (Lipinski definition) is 1. The monoisotopic (exact) mass is 268 g/mol. The van der Waals surface area contributed by atoms with E-state index in [0.29, 0.717) is 12.0 Å². The summed E-state index contributed by atoms with van der Waals surface area (Å²) in [6.45, 7) is 3.40. The van der Waals surface area contributed by atoms with Gasteiger partial charge in [0.25, 0.3) is 0 Å². The topological polar surface area (TPSA) is 50.8 Å². The zero-order valence-electron chi connectivity index (χ0n) is 11.6. The highest BCUT2D eigenvalue weighted by atomic mass is 16.5. The highest BCUT2D eigenvalue weighted by Gasteiger charge is 2.38. The number of methoxy groups -OCH3 is 1. The minimum atomic E-state index is -0.0500. The Hall–Kier alpha value is -0.650. The summed E-state index contributed by atoms with van der Waals surface area (Å²) in [5.74, 6) is 0.801. The Bertz CT molecular complexity index is 337. The van der Waals surface area contributed by atoms with E-state index in [1.807, 2.05) is 4.90 Å². The van der Waals surface area contributed by atoms with Crippen molar-refractivity contribution < 1.29 is 14.3 Å². The van der Waals surface area contributed by atoms with Gasteiger partial charge in [0.05, 0.1) is 18.2 Å². The first-order valence-corrected chi connectivity index (χ1v) is 7.44. The molecule has 0 spiro atoms. The van der Waals surface area contributed by atoms with Crippen LogP contribution in [0.15, 0.2) is 0 Å². The van der Waals surface area contributed by atoms with Gasteiger partial charge in [-0.2, -0.15) is 0 Å². The largest absolute Gasteiger partial charge is 0.380 e. The van der Waals surface area contributed by atoms with Gasteiger partial charge in [0.1, 0.15) is 0 Å². The quantitative estimate of drug-likeness (QED) is 0.787. The third-order valence-corrected chi connectivity index (χ3v) is 4.75. The van der Waals surface area contributed by atoms with Crippen LogP contribution in [0, 0.1) is 5.92 Å². The maximum absolute atomic E-state index is 12.5. The fraction of sp³-hybridized carbons (Fsp3) is 0.929. The molecule has 1 N–H and O–H groups in total. The molecule has 0 saturated carbocycles. The maximum Gasteiger partial charge on any atom is 0.239 e. The van der Waals surface area contributed by atoms with Gasteiger partial charge in [0, 0.05) is 39.3 Å².